The number of aliphatic imine (C=N–C) groups is 1. The van der Waals surface area contributed by atoms with Gasteiger partial charge in [0.05, 0.1) is 0 Å². The lowest BCUT2D eigenvalue weighted by Crippen LogP contribution is -2.50. The number of hydrogen-bond donors (Lipinski definition) is 2. The van der Waals surface area contributed by atoms with E-state index in [1.54, 1.807) is 11.9 Å². The van der Waals surface area contributed by atoms with Gasteiger partial charge in [-0.3, -0.25) is 4.99 Å². The molecule has 0 unspecified atom stereocenters. The molecule has 1 aliphatic heterocycles. The van der Waals surface area contributed by atoms with Gasteiger partial charge in [0.25, 0.3) is 0 Å². The fourth-order valence-electron chi connectivity index (χ4n) is 3.38. The molecule has 1 aromatic rings. The Morgan fingerprint density at radius 3 is 2.60 bits per heavy atom. The number of hydrogen-bond acceptors (Lipinski definition) is 5. The Kier molecular flexibility index (Phi) is 9.20. The fraction of sp³-hybridized carbons (Fsp3) is 0.682. The molecule has 1 amide bonds. The van der Waals surface area contributed by atoms with Crippen molar-refractivity contribution in [3.63, 3.8) is 0 Å². The van der Waals surface area contributed by atoms with Crippen LogP contribution >= 0.6 is 0 Å². The fourth-order valence-corrected chi connectivity index (χ4v) is 3.38. The molecule has 1 aliphatic rings. The van der Waals surface area contributed by atoms with Gasteiger partial charge in [0.2, 0.25) is 0 Å². The predicted octanol–water partition coefficient (Wildman–Crippen LogP) is 2.86. The Bertz CT molecular complexity index is 666. The second kappa shape index (κ2) is 11.6. The van der Waals surface area contributed by atoms with E-state index in [1.807, 2.05) is 39.1 Å². The van der Waals surface area contributed by atoms with Crippen LogP contribution in [0, 0.1) is 0 Å². The SMILES string of the molecule is CCCN(CCNC(=NC)NC1CCN(c2ccccn2)CC1)C(=O)OC(C)(C)C. The van der Waals surface area contributed by atoms with Gasteiger partial charge in [-0.25, -0.2) is 9.78 Å². The number of guanidine groups is 1. The Morgan fingerprint density at radius 2 is 2.03 bits per heavy atom. The maximum atomic E-state index is 12.4. The normalized spacial score (nSPS) is 15.6. The van der Waals surface area contributed by atoms with Crippen molar-refractivity contribution in [3.8, 4) is 0 Å². The summed E-state index contributed by atoms with van der Waals surface area (Å²) in [7, 11) is 1.77. The number of rotatable bonds is 7. The zero-order valence-corrected chi connectivity index (χ0v) is 19.1. The van der Waals surface area contributed by atoms with Gasteiger partial charge in [0, 0.05) is 52.0 Å². The zero-order chi connectivity index (χ0) is 22.0. The minimum Gasteiger partial charge on any atom is -0.444 e. The van der Waals surface area contributed by atoms with Crippen LogP contribution in [0.2, 0.25) is 0 Å². The van der Waals surface area contributed by atoms with Gasteiger partial charge in [0.1, 0.15) is 11.4 Å². The third kappa shape index (κ3) is 8.08. The largest absolute Gasteiger partial charge is 0.444 e. The van der Waals surface area contributed by atoms with Crippen molar-refractivity contribution in [1.29, 1.82) is 0 Å². The highest BCUT2D eigenvalue weighted by atomic mass is 16.6. The van der Waals surface area contributed by atoms with Crippen molar-refractivity contribution in [2.45, 2.75) is 58.6 Å². The molecule has 1 saturated heterocycles. The van der Waals surface area contributed by atoms with Gasteiger partial charge < -0.3 is 25.2 Å². The molecule has 30 heavy (non-hydrogen) atoms. The Balaban J connectivity index is 1.75. The zero-order valence-electron chi connectivity index (χ0n) is 19.1. The highest BCUT2D eigenvalue weighted by Crippen LogP contribution is 2.17. The summed E-state index contributed by atoms with van der Waals surface area (Å²) < 4.78 is 5.51. The van der Waals surface area contributed by atoms with Crippen LogP contribution in [0.5, 0.6) is 0 Å². The van der Waals surface area contributed by atoms with E-state index in [2.05, 4.69) is 38.5 Å². The van der Waals surface area contributed by atoms with E-state index in [1.165, 1.54) is 0 Å². The number of nitrogens with one attached hydrogen (secondary N) is 2. The second-order valence-corrected chi connectivity index (χ2v) is 8.56. The minimum absolute atomic E-state index is 0.268. The maximum absolute atomic E-state index is 12.4. The Morgan fingerprint density at radius 1 is 1.30 bits per heavy atom. The molecule has 2 N–H and O–H groups in total. The van der Waals surface area contributed by atoms with E-state index in [0.717, 1.165) is 44.1 Å². The first-order valence-electron chi connectivity index (χ1n) is 10.9. The van der Waals surface area contributed by atoms with E-state index in [4.69, 9.17) is 4.74 Å². The van der Waals surface area contributed by atoms with E-state index in [0.29, 0.717) is 25.7 Å². The second-order valence-electron chi connectivity index (χ2n) is 8.56. The number of aromatic nitrogens is 1. The molecule has 2 rings (SSSR count). The number of nitrogens with zero attached hydrogens (tertiary/aromatic N) is 4. The van der Waals surface area contributed by atoms with Gasteiger partial charge in [-0.05, 0) is 52.2 Å². The molecule has 1 aromatic heterocycles. The Labute approximate surface area is 181 Å². The van der Waals surface area contributed by atoms with Gasteiger partial charge in [-0.1, -0.05) is 13.0 Å². The van der Waals surface area contributed by atoms with Crippen LogP contribution in [-0.4, -0.2) is 73.4 Å². The molecular weight excluding hydrogens is 380 g/mol. The quantitative estimate of drug-likeness (QED) is 0.523. The summed E-state index contributed by atoms with van der Waals surface area (Å²) in [6.45, 7) is 11.5. The van der Waals surface area contributed by atoms with Crippen LogP contribution in [0.4, 0.5) is 10.6 Å². The molecule has 0 aliphatic carbocycles. The van der Waals surface area contributed by atoms with E-state index in [-0.39, 0.29) is 6.09 Å². The summed E-state index contributed by atoms with van der Waals surface area (Å²) >= 11 is 0. The number of carbonyl (C=O) groups excluding carboxylic acids is 1. The lowest BCUT2D eigenvalue weighted by atomic mass is 10.1. The highest BCUT2D eigenvalue weighted by molar-refractivity contribution is 5.80. The summed E-state index contributed by atoms with van der Waals surface area (Å²) in [5, 5.41) is 6.84. The summed E-state index contributed by atoms with van der Waals surface area (Å²) in [4.78, 5) is 25.2. The molecule has 168 valence electrons. The summed E-state index contributed by atoms with van der Waals surface area (Å²) in [6, 6.07) is 6.39. The number of amides is 1. The molecule has 1 fully saturated rings. The average Bonchev–Trinajstić information content (AvgIpc) is 2.72. The molecule has 0 bridgehead atoms. The molecule has 8 heteroatoms. The van der Waals surface area contributed by atoms with E-state index >= 15 is 0 Å². The molecule has 2 heterocycles. The lowest BCUT2D eigenvalue weighted by Gasteiger charge is -2.34. The molecule has 8 nitrogen and oxygen atoms in total. The van der Waals surface area contributed by atoms with Gasteiger partial charge in [-0.2, -0.15) is 0 Å². The molecule has 0 saturated carbocycles. The van der Waals surface area contributed by atoms with Crippen molar-refractivity contribution in [1.82, 2.24) is 20.5 Å². The monoisotopic (exact) mass is 418 g/mol. The van der Waals surface area contributed by atoms with Crippen LogP contribution in [0.1, 0.15) is 47.0 Å². The minimum atomic E-state index is -0.488. The molecule has 0 aromatic carbocycles. The number of ether oxygens (including phenoxy) is 1. The highest BCUT2D eigenvalue weighted by Gasteiger charge is 2.22. The van der Waals surface area contributed by atoms with Crippen molar-refractivity contribution in [3.05, 3.63) is 24.4 Å². The third-order valence-corrected chi connectivity index (χ3v) is 4.85. The van der Waals surface area contributed by atoms with Crippen LogP contribution in [0.3, 0.4) is 0 Å². The first-order chi connectivity index (χ1) is 14.3. The summed E-state index contributed by atoms with van der Waals surface area (Å²) in [5.41, 5.74) is -0.488. The number of pyridine rings is 1. The standard InChI is InChI=1S/C22H38N6O2/c1-6-14-28(21(29)30-22(2,3)4)17-13-25-20(23-5)26-18-10-15-27(16-11-18)19-9-7-8-12-24-19/h7-9,12,18H,6,10-11,13-17H2,1-5H3,(H2,23,25,26). The predicted molar refractivity (Wildman–Crippen MR) is 122 cm³/mol. The Hall–Kier alpha value is -2.51. The van der Waals surface area contributed by atoms with Gasteiger partial charge in [-0.15, -0.1) is 0 Å². The number of anilines is 1. The molecule has 0 atom stereocenters. The lowest BCUT2D eigenvalue weighted by molar-refractivity contribution is 0.0253. The van der Waals surface area contributed by atoms with Gasteiger partial charge >= 0.3 is 6.09 Å². The van der Waals surface area contributed by atoms with E-state index < -0.39 is 5.60 Å². The first-order valence-corrected chi connectivity index (χ1v) is 10.9. The summed E-state index contributed by atoms with van der Waals surface area (Å²) in [6.07, 6.45) is 4.51. The van der Waals surface area contributed by atoms with Crippen molar-refractivity contribution in [2.75, 3.05) is 44.7 Å². The van der Waals surface area contributed by atoms with Crippen molar-refractivity contribution >= 4 is 17.9 Å². The van der Waals surface area contributed by atoms with Crippen LogP contribution in [0.25, 0.3) is 0 Å². The topological polar surface area (TPSA) is 82.1 Å². The molecule has 0 radical (unpaired) electrons. The molecular formula is C22H38N6O2. The smallest absolute Gasteiger partial charge is 0.410 e. The van der Waals surface area contributed by atoms with Crippen LogP contribution in [0.15, 0.2) is 29.4 Å². The number of piperidine rings is 1. The van der Waals surface area contributed by atoms with Gasteiger partial charge in [0.15, 0.2) is 5.96 Å². The molecule has 0 spiro atoms. The van der Waals surface area contributed by atoms with Crippen molar-refractivity contribution < 1.29 is 9.53 Å². The van der Waals surface area contributed by atoms with Crippen LogP contribution in [-0.2, 0) is 4.74 Å². The van der Waals surface area contributed by atoms with E-state index in [9.17, 15) is 4.79 Å². The third-order valence-electron chi connectivity index (χ3n) is 4.85. The number of carbonyl (C=O) groups is 1. The summed E-state index contributed by atoms with van der Waals surface area (Å²) in [5.74, 6) is 1.81. The maximum Gasteiger partial charge on any atom is 0.410 e. The first kappa shape index (κ1) is 23.8. The van der Waals surface area contributed by atoms with Crippen molar-refractivity contribution in [2.24, 2.45) is 4.99 Å². The average molecular weight is 419 g/mol. The van der Waals surface area contributed by atoms with Crippen LogP contribution < -0.4 is 15.5 Å².